The minimum absolute atomic E-state index is 0.00366. The lowest BCUT2D eigenvalue weighted by molar-refractivity contribution is -0.384. The van der Waals surface area contributed by atoms with Crippen LogP contribution in [0.2, 0.25) is 0 Å². The Hall–Kier alpha value is -2.48. The first-order chi connectivity index (χ1) is 11.1. The lowest BCUT2D eigenvalue weighted by Crippen LogP contribution is -2.30. The van der Waals surface area contributed by atoms with E-state index < -0.39 is 10.7 Å². The second kappa shape index (κ2) is 6.33. The first-order valence-electron chi connectivity index (χ1n) is 6.84. The molecule has 23 heavy (non-hydrogen) atoms. The zero-order valence-electron chi connectivity index (χ0n) is 11.9. The molecule has 1 unspecified atom stereocenters. The Kier molecular flexibility index (Phi) is 4.24. The number of non-ortho nitro benzene ring substituents is 1. The molecule has 1 fully saturated rings. The van der Waals surface area contributed by atoms with E-state index in [1.165, 1.54) is 18.3 Å². The molecule has 1 aliphatic heterocycles. The first-order valence-corrected chi connectivity index (χ1v) is 7.88. The van der Waals surface area contributed by atoms with Crippen LogP contribution in [0, 0.1) is 15.9 Å². The number of halogens is 1. The molecule has 1 aromatic heterocycles. The number of carbonyl (C=O) groups excluding carboxylic acids is 1. The number of nitro benzene ring substituents is 1. The third kappa shape index (κ3) is 3.16. The molecule has 2 aromatic rings. The monoisotopic (exact) mass is 333 g/mol. The third-order valence-electron chi connectivity index (χ3n) is 3.49. The highest BCUT2D eigenvalue weighted by molar-refractivity contribution is 7.99. The molecule has 0 N–H and O–H groups in total. The van der Waals surface area contributed by atoms with Gasteiger partial charge in [-0.3, -0.25) is 19.9 Å². The molecule has 1 aliphatic rings. The third-order valence-corrected chi connectivity index (χ3v) is 4.75. The molecule has 0 bridgehead atoms. The molecular formula is C15H12FN3O3S. The van der Waals surface area contributed by atoms with Gasteiger partial charge in [-0.25, -0.2) is 4.39 Å². The summed E-state index contributed by atoms with van der Waals surface area (Å²) in [6, 6.07) is 7.28. The number of hydrogen-bond acceptors (Lipinski definition) is 5. The van der Waals surface area contributed by atoms with Crippen LogP contribution in [0.4, 0.5) is 10.1 Å². The van der Waals surface area contributed by atoms with Gasteiger partial charge >= 0.3 is 0 Å². The highest BCUT2D eigenvalue weighted by atomic mass is 32.2. The Balaban J connectivity index is 1.85. The molecule has 0 saturated carbocycles. The summed E-state index contributed by atoms with van der Waals surface area (Å²) >= 11 is 1.57. The number of hydrogen-bond donors (Lipinski definition) is 0. The molecule has 118 valence electrons. The number of pyridine rings is 1. The number of thioether (sulfide) groups is 1. The van der Waals surface area contributed by atoms with Crippen LogP contribution in [0.25, 0.3) is 0 Å². The van der Waals surface area contributed by atoms with Gasteiger partial charge in [0.2, 0.25) is 0 Å². The van der Waals surface area contributed by atoms with Crippen molar-refractivity contribution in [1.82, 2.24) is 9.88 Å². The van der Waals surface area contributed by atoms with Crippen molar-refractivity contribution in [2.75, 3.05) is 12.3 Å². The van der Waals surface area contributed by atoms with Gasteiger partial charge < -0.3 is 4.90 Å². The lowest BCUT2D eigenvalue weighted by Gasteiger charge is -2.24. The molecule has 0 spiro atoms. The van der Waals surface area contributed by atoms with Crippen LogP contribution in [0.1, 0.15) is 21.3 Å². The van der Waals surface area contributed by atoms with E-state index in [9.17, 15) is 19.3 Å². The summed E-state index contributed by atoms with van der Waals surface area (Å²) in [4.78, 5) is 28.1. The Morgan fingerprint density at radius 2 is 2.09 bits per heavy atom. The normalized spacial score (nSPS) is 17.3. The van der Waals surface area contributed by atoms with E-state index in [1.54, 1.807) is 28.8 Å². The predicted octanol–water partition coefficient (Wildman–Crippen LogP) is 3.02. The van der Waals surface area contributed by atoms with Crippen molar-refractivity contribution < 1.29 is 14.1 Å². The van der Waals surface area contributed by atoms with Gasteiger partial charge in [0.1, 0.15) is 11.2 Å². The van der Waals surface area contributed by atoms with Crippen LogP contribution in [-0.2, 0) is 0 Å². The number of nitrogens with zero attached hydrogens (tertiary/aromatic N) is 3. The van der Waals surface area contributed by atoms with E-state index in [0.29, 0.717) is 6.54 Å². The minimum atomic E-state index is -0.561. The van der Waals surface area contributed by atoms with E-state index in [2.05, 4.69) is 4.98 Å². The van der Waals surface area contributed by atoms with E-state index >= 15 is 0 Å². The Bertz CT molecular complexity index is 754. The maximum atomic E-state index is 13.3. The molecular weight excluding hydrogens is 321 g/mol. The van der Waals surface area contributed by atoms with Crippen LogP contribution in [-0.4, -0.2) is 33.0 Å². The zero-order valence-corrected chi connectivity index (χ0v) is 12.7. The second-order valence-corrected chi connectivity index (χ2v) is 6.15. The topological polar surface area (TPSA) is 76.3 Å². The summed E-state index contributed by atoms with van der Waals surface area (Å²) in [7, 11) is 0. The van der Waals surface area contributed by atoms with E-state index in [4.69, 9.17) is 0 Å². The van der Waals surface area contributed by atoms with Gasteiger partial charge in [0.15, 0.2) is 0 Å². The molecule has 6 nitrogen and oxygen atoms in total. The minimum Gasteiger partial charge on any atom is -0.322 e. The van der Waals surface area contributed by atoms with Crippen molar-refractivity contribution in [3.8, 4) is 0 Å². The summed E-state index contributed by atoms with van der Waals surface area (Å²) in [5.41, 5.74) is 0.999. The molecule has 3 rings (SSSR count). The summed E-state index contributed by atoms with van der Waals surface area (Å²) < 4.78 is 13.3. The van der Waals surface area contributed by atoms with E-state index in [0.717, 1.165) is 23.6 Å². The lowest BCUT2D eigenvalue weighted by atomic mass is 10.1. The van der Waals surface area contributed by atoms with E-state index in [-0.39, 0.29) is 22.5 Å². The number of aromatic nitrogens is 1. The standard InChI is InChI=1S/C15H12FN3O3S/c16-12-7-11(8-17-9-12)14(20)18-5-6-23-15(18)10-1-3-13(4-2-10)19(21)22/h1-4,7-9,15H,5-6H2. The smallest absolute Gasteiger partial charge is 0.269 e. The van der Waals surface area contributed by atoms with E-state index in [1.807, 2.05) is 0 Å². The molecule has 2 heterocycles. The van der Waals surface area contributed by atoms with Crippen LogP contribution in [0.3, 0.4) is 0 Å². The highest BCUT2D eigenvalue weighted by Gasteiger charge is 2.31. The van der Waals surface area contributed by atoms with Gasteiger partial charge in [-0.1, -0.05) is 0 Å². The summed E-state index contributed by atoms with van der Waals surface area (Å²) in [5.74, 6) is -0.115. The maximum absolute atomic E-state index is 13.3. The fraction of sp³-hybridized carbons (Fsp3) is 0.200. The van der Waals surface area contributed by atoms with Gasteiger partial charge in [-0.05, 0) is 23.8 Å². The quantitative estimate of drug-likeness (QED) is 0.637. The van der Waals surface area contributed by atoms with Crippen molar-refractivity contribution in [2.24, 2.45) is 0 Å². The zero-order chi connectivity index (χ0) is 16.4. The Morgan fingerprint density at radius 3 is 2.74 bits per heavy atom. The average Bonchev–Trinajstić information content (AvgIpc) is 3.03. The number of rotatable bonds is 3. The van der Waals surface area contributed by atoms with Crippen LogP contribution in [0.15, 0.2) is 42.7 Å². The van der Waals surface area contributed by atoms with Gasteiger partial charge in [0.05, 0.1) is 16.7 Å². The van der Waals surface area contributed by atoms with Gasteiger partial charge in [-0.2, -0.15) is 0 Å². The van der Waals surface area contributed by atoms with Crippen molar-refractivity contribution >= 4 is 23.4 Å². The molecule has 1 amide bonds. The second-order valence-electron chi connectivity index (χ2n) is 4.96. The van der Waals surface area contributed by atoms with Crippen molar-refractivity contribution in [3.05, 3.63) is 69.8 Å². The first kappa shape index (κ1) is 15.4. The SMILES string of the molecule is O=C(c1cncc(F)c1)N1CCSC1c1ccc([N+](=O)[O-])cc1. The maximum Gasteiger partial charge on any atom is 0.269 e. The Morgan fingerprint density at radius 1 is 1.35 bits per heavy atom. The largest absolute Gasteiger partial charge is 0.322 e. The summed E-state index contributed by atoms with van der Waals surface area (Å²) in [6.45, 7) is 0.529. The van der Waals surface area contributed by atoms with Crippen molar-refractivity contribution in [2.45, 2.75) is 5.37 Å². The fourth-order valence-corrected chi connectivity index (χ4v) is 3.67. The van der Waals surface area contributed by atoms with Gasteiger partial charge in [0, 0.05) is 30.6 Å². The highest BCUT2D eigenvalue weighted by Crippen LogP contribution is 2.39. The Labute approximate surface area is 135 Å². The molecule has 1 atom stereocenters. The summed E-state index contributed by atoms with van der Waals surface area (Å²) in [5, 5.41) is 10.5. The van der Waals surface area contributed by atoms with Crippen LogP contribution < -0.4 is 0 Å². The van der Waals surface area contributed by atoms with Crippen molar-refractivity contribution in [3.63, 3.8) is 0 Å². The number of carbonyl (C=O) groups is 1. The average molecular weight is 333 g/mol. The molecule has 1 saturated heterocycles. The molecule has 8 heteroatoms. The van der Waals surface area contributed by atoms with Crippen molar-refractivity contribution in [1.29, 1.82) is 0 Å². The number of amides is 1. The van der Waals surface area contributed by atoms with Crippen LogP contribution >= 0.6 is 11.8 Å². The van der Waals surface area contributed by atoms with Gasteiger partial charge in [-0.15, -0.1) is 11.8 Å². The predicted molar refractivity (Wildman–Crippen MR) is 83.5 cm³/mol. The number of benzene rings is 1. The van der Waals surface area contributed by atoms with Crippen LogP contribution in [0.5, 0.6) is 0 Å². The molecule has 0 aliphatic carbocycles. The summed E-state index contributed by atoms with van der Waals surface area (Å²) in [6.07, 6.45) is 2.38. The number of nitro groups is 1. The molecule has 0 radical (unpaired) electrons. The molecule has 1 aromatic carbocycles. The fourth-order valence-electron chi connectivity index (χ4n) is 2.41. The van der Waals surface area contributed by atoms with Gasteiger partial charge in [0.25, 0.3) is 11.6 Å².